The summed E-state index contributed by atoms with van der Waals surface area (Å²) in [5.41, 5.74) is 0. The Bertz CT molecular complexity index is 275. The van der Waals surface area contributed by atoms with Gasteiger partial charge in [0.25, 0.3) is 0 Å². The van der Waals surface area contributed by atoms with Gasteiger partial charge in [-0.3, -0.25) is 0 Å². The summed E-state index contributed by atoms with van der Waals surface area (Å²) in [6.07, 6.45) is -0.180. The van der Waals surface area contributed by atoms with E-state index in [1.807, 2.05) is 6.07 Å². The fourth-order valence-electron chi connectivity index (χ4n) is 1.54. The monoisotopic (exact) mass is 287 g/mol. The second-order valence-corrected chi connectivity index (χ2v) is 6.06. The minimum atomic E-state index is -0.180. The third-order valence-corrected chi connectivity index (χ3v) is 4.98. The summed E-state index contributed by atoms with van der Waals surface area (Å²) in [5, 5.41) is 10.8. The van der Waals surface area contributed by atoms with Crippen LogP contribution in [0.1, 0.15) is 13.8 Å². The predicted molar refractivity (Wildman–Crippen MR) is 70.4 cm³/mol. The summed E-state index contributed by atoms with van der Waals surface area (Å²) in [6.45, 7) is 7.12. The molecule has 1 aromatic rings. The van der Waals surface area contributed by atoms with Crippen molar-refractivity contribution >= 4 is 19.4 Å². The summed E-state index contributed by atoms with van der Waals surface area (Å²) in [7, 11) is 0. The molecule has 90 valence electrons. The van der Waals surface area contributed by atoms with Crippen molar-refractivity contribution < 1.29 is 5.11 Å². The molecular formula is C13H21NOSe. The molecule has 1 unspecified atom stereocenters. The number of nitrogens with zero attached hydrogens (tertiary/aromatic N) is 1. The minimum absolute atomic E-state index is 0.180. The zero-order chi connectivity index (χ0) is 11.8. The molecule has 1 aromatic carbocycles. The van der Waals surface area contributed by atoms with E-state index < -0.39 is 0 Å². The molecule has 16 heavy (non-hydrogen) atoms. The molecule has 0 aliphatic carbocycles. The molecule has 0 amide bonds. The molecule has 2 nitrogen and oxygen atoms in total. The zero-order valence-electron chi connectivity index (χ0n) is 10.1. The summed E-state index contributed by atoms with van der Waals surface area (Å²) in [5.74, 6) is 0. The number of hydrogen-bond acceptors (Lipinski definition) is 2. The first-order chi connectivity index (χ1) is 7.76. The van der Waals surface area contributed by atoms with Crippen molar-refractivity contribution in [3.05, 3.63) is 30.3 Å². The molecular weight excluding hydrogens is 265 g/mol. The van der Waals surface area contributed by atoms with Crippen LogP contribution < -0.4 is 4.46 Å². The molecule has 0 spiro atoms. The molecule has 3 heteroatoms. The number of aliphatic hydroxyl groups is 1. The SMILES string of the molecule is CCN(CC)CC(O)C[Se]c1ccccc1. The Balaban J connectivity index is 2.27. The normalized spacial score (nSPS) is 13.0. The second kappa shape index (κ2) is 7.86. The Labute approximate surface area is 105 Å². The van der Waals surface area contributed by atoms with Crippen molar-refractivity contribution in [2.24, 2.45) is 0 Å². The average Bonchev–Trinajstić information content (AvgIpc) is 2.34. The van der Waals surface area contributed by atoms with Crippen molar-refractivity contribution in [2.45, 2.75) is 25.3 Å². The van der Waals surface area contributed by atoms with Crippen LogP contribution >= 0.6 is 0 Å². The van der Waals surface area contributed by atoms with Crippen LogP contribution in [0, 0.1) is 0 Å². The quantitative estimate of drug-likeness (QED) is 0.760. The van der Waals surface area contributed by atoms with Crippen LogP contribution in [0.4, 0.5) is 0 Å². The van der Waals surface area contributed by atoms with Gasteiger partial charge in [-0.25, -0.2) is 0 Å². The van der Waals surface area contributed by atoms with E-state index in [0.717, 1.165) is 25.0 Å². The van der Waals surface area contributed by atoms with Crippen LogP contribution in [-0.4, -0.2) is 50.7 Å². The van der Waals surface area contributed by atoms with E-state index in [0.29, 0.717) is 15.0 Å². The Kier molecular flexibility index (Phi) is 6.74. The third kappa shape index (κ3) is 5.13. The molecule has 0 heterocycles. The van der Waals surface area contributed by atoms with E-state index in [1.54, 1.807) is 0 Å². The van der Waals surface area contributed by atoms with E-state index in [-0.39, 0.29) is 6.10 Å². The van der Waals surface area contributed by atoms with Crippen molar-refractivity contribution in [1.82, 2.24) is 4.90 Å². The second-order valence-electron chi connectivity index (χ2n) is 3.76. The Hall–Kier alpha value is -0.341. The Morgan fingerprint density at radius 1 is 1.19 bits per heavy atom. The van der Waals surface area contributed by atoms with Gasteiger partial charge in [0.05, 0.1) is 0 Å². The van der Waals surface area contributed by atoms with Crippen molar-refractivity contribution in [3.8, 4) is 0 Å². The van der Waals surface area contributed by atoms with Gasteiger partial charge in [0.2, 0.25) is 0 Å². The fourth-order valence-corrected chi connectivity index (χ4v) is 3.30. The molecule has 0 aliphatic rings. The summed E-state index contributed by atoms with van der Waals surface area (Å²) in [4.78, 5) is 2.27. The van der Waals surface area contributed by atoms with Gasteiger partial charge in [0.15, 0.2) is 0 Å². The number of hydrogen-bond donors (Lipinski definition) is 1. The van der Waals surface area contributed by atoms with Crippen LogP contribution in [0.2, 0.25) is 5.32 Å². The van der Waals surface area contributed by atoms with E-state index in [9.17, 15) is 5.11 Å². The van der Waals surface area contributed by atoms with Gasteiger partial charge in [-0.05, 0) is 0 Å². The first-order valence-corrected chi connectivity index (χ1v) is 7.91. The van der Waals surface area contributed by atoms with E-state index in [4.69, 9.17) is 0 Å². The van der Waals surface area contributed by atoms with Crippen LogP contribution in [0.25, 0.3) is 0 Å². The van der Waals surface area contributed by atoms with Crippen LogP contribution in [0.5, 0.6) is 0 Å². The van der Waals surface area contributed by atoms with Crippen LogP contribution in [0.3, 0.4) is 0 Å². The predicted octanol–water partition coefficient (Wildman–Crippen LogP) is 1.14. The first kappa shape index (κ1) is 13.7. The molecule has 0 saturated heterocycles. The van der Waals surface area contributed by atoms with Gasteiger partial charge in [-0.2, -0.15) is 0 Å². The molecule has 0 fully saturated rings. The summed E-state index contributed by atoms with van der Waals surface area (Å²) in [6, 6.07) is 10.4. The van der Waals surface area contributed by atoms with E-state index in [2.05, 4.69) is 43.0 Å². The topological polar surface area (TPSA) is 23.5 Å². The van der Waals surface area contributed by atoms with Gasteiger partial charge in [0.1, 0.15) is 0 Å². The van der Waals surface area contributed by atoms with Crippen molar-refractivity contribution in [1.29, 1.82) is 0 Å². The third-order valence-electron chi connectivity index (χ3n) is 2.55. The zero-order valence-corrected chi connectivity index (χ0v) is 11.8. The van der Waals surface area contributed by atoms with Gasteiger partial charge >= 0.3 is 105 Å². The van der Waals surface area contributed by atoms with Gasteiger partial charge < -0.3 is 0 Å². The number of rotatable bonds is 7. The fraction of sp³-hybridized carbons (Fsp3) is 0.538. The molecule has 1 N–H and O–H groups in total. The molecule has 0 aromatic heterocycles. The van der Waals surface area contributed by atoms with Crippen molar-refractivity contribution in [3.63, 3.8) is 0 Å². The standard InChI is InChI=1S/C13H21NOSe/c1-3-14(4-2)10-12(15)11-16-13-8-6-5-7-9-13/h5-9,12,15H,3-4,10-11H2,1-2H3. The van der Waals surface area contributed by atoms with E-state index >= 15 is 0 Å². The summed E-state index contributed by atoms with van der Waals surface area (Å²) < 4.78 is 1.37. The molecule has 1 rings (SSSR count). The average molecular weight is 286 g/mol. The van der Waals surface area contributed by atoms with Gasteiger partial charge in [-0.15, -0.1) is 0 Å². The number of likely N-dealkylation sites (N-methyl/N-ethyl adjacent to an activating group) is 1. The Morgan fingerprint density at radius 2 is 1.81 bits per heavy atom. The summed E-state index contributed by atoms with van der Waals surface area (Å²) >= 11 is 0.397. The van der Waals surface area contributed by atoms with Gasteiger partial charge in [0, 0.05) is 0 Å². The Morgan fingerprint density at radius 3 is 2.38 bits per heavy atom. The maximum atomic E-state index is 9.92. The van der Waals surface area contributed by atoms with E-state index in [1.165, 1.54) is 4.46 Å². The van der Waals surface area contributed by atoms with Crippen LogP contribution in [-0.2, 0) is 0 Å². The molecule has 0 bridgehead atoms. The molecule has 1 atom stereocenters. The molecule has 0 aliphatic heterocycles. The molecule has 0 radical (unpaired) electrons. The number of aliphatic hydroxyl groups excluding tert-OH is 1. The van der Waals surface area contributed by atoms with Crippen LogP contribution in [0.15, 0.2) is 30.3 Å². The van der Waals surface area contributed by atoms with Gasteiger partial charge in [-0.1, -0.05) is 0 Å². The number of benzene rings is 1. The maximum absolute atomic E-state index is 9.92. The van der Waals surface area contributed by atoms with Crippen molar-refractivity contribution in [2.75, 3.05) is 19.6 Å². The first-order valence-electron chi connectivity index (χ1n) is 5.84. The molecule has 0 saturated carbocycles.